The van der Waals surface area contributed by atoms with Crippen LogP contribution in [0.25, 0.3) is 0 Å². The summed E-state index contributed by atoms with van der Waals surface area (Å²) in [6.07, 6.45) is 0. The van der Waals surface area contributed by atoms with E-state index in [1.54, 1.807) is 7.11 Å². The molecule has 0 amide bonds. The molecule has 0 spiro atoms. The van der Waals surface area contributed by atoms with Crippen molar-refractivity contribution < 1.29 is 9.15 Å². The Bertz CT molecular complexity index is 558. The lowest BCUT2D eigenvalue weighted by Gasteiger charge is -2.13. The van der Waals surface area contributed by atoms with Gasteiger partial charge in [0.25, 0.3) is 0 Å². The van der Waals surface area contributed by atoms with Gasteiger partial charge in [-0.05, 0) is 50.1 Å². The summed E-state index contributed by atoms with van der Waals surface area (Å²) in [4.78, 5) is 0. The summed E-state index contributed by atoms with van der Waals surface area (Å²) in [5.74, 6) is 2.61. The Balaban J connectivity index is 2.39. The molecule has 2 aromatic rings. The van der Waals surface area contributed by atoms with Crippen molar-refractivity contribution in [2.24, 2.45) is 0 Å². The molecule has 0 aliphatic heterocycles. The van der Waals surface area contributed by atoms with Crippen LogP contribution in [0, 0.1) is 20.8 Å². The van der Waals surface area contributed by atoms with Crippen molar-refractivity contribution in [3.63, 3.8) is 0 Å². The van der Waals surface area contributed by atoms with Gasteiger partial charge in [-0.15, -0.1) is 11.6 Å². The van der Waals surface area contributed by atoms with Gasteiger partial charge >= 0.3 is 0 Å². The van der Waals surface area contributed by atoms with E-state index in [4.69, 9.17) is 20.8 Å². The van der Waals surface area contributed by atoms with Crippen LogP contribution in [0.5, 0.6) is 5.75 Å². The summed E-state index contributed by atoms with van der Waals surface area (Å²) in [5.41, 5.74) is 3.23. The second kappa shape index (κ2) is 5.07. The van der Waals surface area contributed by atoms with E-state index in [1.807, 2.05) is 45.0 Å². The predicted octanol–water partition coefficient (Wildman–Crippen LogP) is 4.54. The first-order chi connectivity index (χ1) is 8.52. The molecule has 3 heteroatoms. The van der Waals surface area contributed by atoms with Gasteiger partial charge in [-0.3, -0.25) is 0 Å². The molecule has 2 rings (SSSR count). The zero-order valence-corrected chi connectivity index (χ0v) is 11.8. The van der Waals surface area contributed by atoms with Gasteiger partial charge in [0.1, 0.15) is 17.3 Å². The maximum atomic E-state index is 6.55. The van der Waals surface area contributed by atoms with Crippen LogP contribution >= 0.6 is 11.6 Å². The second-order valence-electron chi connectivity index (χ2n) is 4.45. The molecule has 0 bridgehead atoms. The molecule has 0 saturated heterocycles. The lowest BCUT2D eigenvalue weighted by atomic mass is 10.00. The normalized spacial score (nSPS) is 12.5. The summed E-state index contributed by atoms with van der Waals surface area (Å²) < 4.78 is 10.7. The summed E-state index contributed by atoms with van der Waals surface area (Å²) in [6.45, 7) is 5.91. The van der Waals surface area contributed by atoms with Crippen LogP contribution in [0.4, 0.5) is 0 Å². The zero-order valence-electron chi connectivity index (χ0n) is 11.1. The van der Waals surface area contributed by atoms with Crippen molar-refractivity contribution in [1.82, 2.24) is 0 Å². The van der Waals surface area contributed by atoms with Gasteiger partial charge in [0.15, 0.2) is 0 Å². The molecule has 2 nitrogen and oxygen atoms in total. The van der Waals surface area contributed by atoms with E-state index in [9.17, 15) is 0 Å². The van der Waals surface area contributed by atoms with E-state index < -0.39 is 0 Å². The van der Waals surface area contributed by atoms with Gasteiger partial charge in [0, 0.05) is 5.56 Å². The highest BCUT2D eigenvalue weighted by molar-refractivity contribution is 6.22. The number of furan rings is 1. The largest absolute Gasteiger partial charge is 0.497 e. The van der Waals surface area contributed by atoms with Crippen LogP contribution in [-0.2, 0) is 0 Å². The molecule has 96 valence electrons. The standard InChI is InChI=1S/C15H17ClO2/c1-9-7-12(17-4)5-6-13(9)15(16)14-8-10(2)18-11(14)3/h5-8,15H,1-4H3. The lowest BCUT2D eigenvalue weighted by Crippen LogP contribution is -1.97. The Morgan fingerprint density at radius 2 is 1.83 bits per heavy atom. The highest BCUT2D eigenvalue weighted by atomic mass is 35.5. The summed E-state index contributed by atoms with van der Waals surface area (Å²) >= 11 is 6.55. The third-order valence-corrected chi connectivity index (χ3v) is 3.57. The van der Waals surface area contributed by atoms with E-state index >= 15 is 0 Å². The van der Waals surface area contributed by atoms with Crippen molar-refractivity contribution >= 4 is 11.6 Å². The number of ether oxygens (including phenoxy) is 1. The molecule has 1 unspecified atom stereocenters. The zero-order chi connectivity index (χ0) is 13.3. The van der Waals surface area contributed by atoms with Gasteiger partial charge in [0.05, 0.1) is 12.5 Å². The number of hydrogen-bond acceptors (Lipinski definition) is 2. The van der Waals surface area contributed by atoms with Crippen LogP contribution in [0.15, 0.2) is 28.7 Å². The molecule has 0 radical (unpaired) electrons. The maximum absolute atomic E-state index is 6.55. The highest BCUT2D eigenvalue weighted by Gasteiger charge is 2.18. The second-order valence-corrected chi connectivity index (χ2v) is 4.89. The average Bonchev–Trinajstić information content (AvgIpc) is 2.67. The quantitative estimate of drug-likeness (QED) is 0.760. The minimum Gasteiger partial charge on any atom is -0.497 e. The van der Waals surface area contributed by atoms with Crippen LogP contribution < -0.4 is 4.74 Å². The van der Waals surface area contributed by atoms with E-state index in [1.165, 1.54) is 0 Å². The molecule has 0 N–H and O–H groups in total. The summed E-state index contributed by atoms with van der Waals surface area (Å²) in [7, 11) is 1.66. The van der Waals surface area contributed by atoms with Crippen molar-refractivity contribution in [2.75, 3.05) is 7.11 Å². The number of hydrogen-bond donors (Lipinski definition) is 0. The molecule has 18 heavy (non-hydrogen) atoms. The number of benzene rings is 1. The smallest absolute Gasteiger partial charge is 0.119 e. The Hall–Kier alpha value is -1.41. The first-order valence-electron chi connectivity index (χ1n) is 5.88. The van der Waals surface area contributed by atoms with Crippen molar-refractivity contribution in [1.29, 1.82) is 0 Å². The molecule has 1 aromatic carbocycles. The Morgan fingerprint density at radius 3 is 2.33 bits per heavy atom. The lowest BCUT2D eigenvalue weighted by molar-refractivity contribution is 0.414. The fraction of sp³-hybridized carbons (Fsp3) is 0.333. The fourth-order valence-electron chi connectivity index (χ4n) is 2.13. The number of alkyl halides is 1. The molecular formula is C15H17ClO2. The minimum atomic E-state index is -0.187. The molecule has 0 aliphatic rings. The molecule has 1 aromatic heterocycles. The van der Waals surface area contributed by atoms with Crippen molar-refractivity contribution in [2.45, 2.75) is 26.1 Å². The number of halogens is 1. The fourth-order valence-corrected chi connectivity index (χ4v) is 2.59. The van der Waals surface area contributed by atoms with E-state index in [0.717, 1.165) is 34.0 Å². The average molecular weight is 265 g/mol. The van der Waals surface area contributed by atoms with Crippen molar-refractivity contribution in [3.8, 4) is 5.75 Å². The topological polar surface area (TPSA) is 22.4 Å². The number of aryl methyl sites for hydroxylation is 3. The van der Waals surface area contributed by atoms with Crippen molar-refractivity contribution in [3.05, 3.63) is 52.5 Å². The van der Waals surface area contributed by atoms with E-state index in [2.05, 4.69) is 0 Å². The van der Waals surface area contributed by atoms with E-state index in [0.29, 0.717) is 0 Å². The Morgan fingerprint density at radius 1 is 1.11 bits per heavy atom. The predicted molar refractivity (Wildman–Crippen MR) is 73.6 cm³/mol. The Kier molecular flexibility index (Phi) is 3.67. The van der Waals surface area contributed by atoms with Crippen LogP contribution in [0.2, 0.25) is 0 Å². The Labute approximate surface area is 113 Å². The first-order valence-corrected chi connectivity index (χ1v) is 6.32. The number of methoxy groups -OCH3 is 1. The molecule has 0 aliphatic carbocycles. The van der Waals surface area contributed by atoms with E-state index in [-0.39, 0.29) is 5.38 Å². The molecule has 1 atom stereocenters. The van der Waals surface area contributed by atoms with Crippen LogP contribution in [0.1, 0.15) is 33.6 Å². The monoisotopic (exact) mass is 264 g/mol. The molecule has 1 heterocycles. The van der Waals surface area contributed by atoms with Gasteiger partial charge in [-0.1, -0.05) is 6.07 Å². The first kappa shape index (κ1) is 13.0. The third kappa shape index (κ3) is 2.39. The van der Waals surface area contributed by atoms with Gasteiger partial charge in [0.2, 0.25) is 0 Å². The maximum Gasteiger partial charge on any atom is 0.119 e. The van der Waals surface area contributed by atoms with Gasteiger partial charge in [-0.25, -0.2) is 0 Å². The summed E-state index contributed by atoms with van der Waals surface area (Å²) in [6, 6.07) is 7.93. The highest BCUT2D eigenvalue weighted by Crippen LogP contribution is 2.35. The van der Waals surface area contributed by atoms with Gasteiger partial charge < -0.3 is 9.15 Å². The van der Waals surface area contributed by atoms with Crippen LogP contribution in [-0.4, -0.2) is 7.11 Å². The molecule has 0 fully saturated rings. The summed E-state index contributed by atoms with van der Waals surface area (Å²) in [5, 5.41) is -0.187. The minimum absolute atomic E-state index is 0.187. The SMILES string of the molecule is COc1ccc(C(Cl)c2cc(C)oc2C)c(C)c1. The van der Waals surface area contributed by atoms with Gasteiger partial charge in [-0.2, -0.15) is 0 Å². The molecular weight excluding hydrogens is 248 g/mol. The third-order valence-electron chi connectivity index (χ3n) is 3.10. The number of rotatable bonds is 3. The molecule has 0 saturated carbocycles. The van der Waals surface area contributed by atoms with Crippen LogP contribution in [0.3, 0.4) is 0 Å².